The number of rotatable bonds is 7. The SMILES string of the molecule is COc1cc([C@H]2C(=C(O)c3ccc(S(=O)(=O)N4CCCC4)cc3)C(=O)C(=O)N2C[C@H]2CCCO2)ccc1O. The smallest absolute Gasteiger partial charge is 0.295 e. The number of phenolic OH excluding ortho intramolecular Hbond substituents is 1. The molecule has 0 bridgehead atoms. The predicted octanol–water partition coefficient (Wildman–Crippen LogP) is 2.79. The van der Waals surface area contributed by atoms with Crippen LogP contribution in [0, 0.1) is 0 Å². The molecule has 2 atom stereocenters. The van der Waals surface area contributed by atoms with Crippen molar-refractivity contribution in [2.45, 2.75) is 42.7 Å². The number of aliphatic hydroxyl groups is 1. The quantitative estimate of drug-likeness (QED) is 0.310. The Bertz CT molecular complexity index is 1370. The highest BCUT2D eigenvalue weighted by Gasteiger charge is 2.47. The summed E-state index contributed by atoms with van der Waals surface area (Å²) in [6.45, 7) is 1.66. The van der Waals surface area contributed by atoms with Crippen molar-refractivity contribution in [1.82, 2.24) is 9.21 Å². The summed E-state index contributed by atoms with van der Waals surface area (Å²) in [7, 11) is -2.26. The van der Waals surface area contributed by atoms with Crippen LogP contribution in [0.4, 0.5) is 0 Å². The second-order valence-corrected chi connectivity index (χ2v) is 11.6. The highest BCUT2D eigenvalue weighted by molar-refractivity contribution is 7.89. The molecule has 3 aliphatic heterocycles. The van der Waals surface area contributed by atoms with Crippen LogP contribution in [0.25, 0.3) is 5.76 Å². The number of Topliss-reactive ketones (excluding diaryl/α,β-unsaturated/α-hetero) is 1. The van der Waals surface area contributed by atoms with Crippen molar-refractivity contribution in [3.8, 4) is 11.5 Å². The van der Waals surface area contributed by atoms with E-state index in [0.717, 1.165) is 25.7 Å². The van der Waals surface area contributed by atoms with Gasteiger partial charge in [0.2, 0.25) is 10.0 Å². The fourth-order valence-corrected chi connectivity index (χ4v) is 6.82. The molecular formula is C27H30N2O8S. The van der Waals surface area contributed by atoms with Crippen molar-refractivity contribution in [1.29, 1.82) is 0 Å². The summed E-state index contributed by atoms with van der Waals surface area (Å²) < 4.78 is 38.2. The average molecular weight is 543 g/mol. The van der Waals surface area contributed by atoms with Crippen LogP contribution in [-0.4, -0.2) is 79.0 Å². The Balaban J connectivity index is 1.56. The number of methoxy groups -OCH3 is 1. The van der Waals surface area contributed by atoms with E-state index in [4.69, 9.17) is 9.47 Å². The van der Waals surface area contributed by atoms with Crippen LogP contribution in [0.15, 0.2) is 52.9 Å². The van der Waals surface area contributed by atoms with Crippen LogP contribution >= 0.6 is 0 Å². The molecule has 3 heterocycles. The van der Waals surface area contributed by atoms with Crippen LogP contribution < -0.4 is 4.74 Å². The number of amides is 1. The standard InChI is InChI=1S/C27H30N2O8S/c1-36-22-15-18(8-11-21(22)30)24-23(26(32)27(33)29(24)16-19-5-4-14-37-19)25(31)17-6-9-20(10-7-17)38(34,35)28-12-2-3-13-28/h6-11,15,19,24,30-31H,2-5,12-14,16H2,1H3/t19-,24+/m1/s1. The second kappa shape index (κ2) is 10.4. The first-order valence-electron chi connectivity index (χ1n) is 12.6. The molecule has 0 aromatic heterocycles. The molecule has 0 radical (unpaired) electrons. The fraction of sp³-hybridized carbons (Fsp3) is 0.407. The molecule has 3 saturated heterocycles. The number of aromatic hydroxyl groups is 1. The summed E-state index contributed by atoms with van der Waals surface area (Å²) in [6, 6.07) is 9.18. The Hall–Kier alpha value is -3.41. The number of hydrogen-bond acceptors (Lipinski definition) is 8. The molecule has 0 aliphatic carbocycles. The minimum atomic E-state index is -3.65. The van der Waals surface area contributed by atoms with Crippen molar-refractivity contribution in [2.75, 3.05) is 33.4 Å². The van der Waals surface area contributed by atoms with E-state index in [1.807, 2.05) is 0 Å². The Morgan fingerprint density at radius 1 is 1.08 bits per heavy atom. The number of carbonyl (C=O) groups excluding carboxylic acids is 2. The summed E-state index contributed by atoms with van der Waals surface area (Å²) in [6.07, 6.45) is 2.96. The molecular weight excluding hydrogens is 512 g/mol. The summed E-state index contributed by atoms with van der Waals surface area (Å²) in [5.41, 5.74) is 0.541. The van der Waals surface area contributed by atoms with Gasteiger partial charge in [-0.1, -0.05) is 6.07 Å². The van der Waals surface area contributed by atoms with Gasteiger partial charge in [-0.05, 0) is 67.6 Å². The Kier molecular flexibility index (Phi) is 7.17. The number of nitrogens with zero attached hydrogens (tertiary/aromatic N) is 2. The van der Waals surface area contributed by atoms with Crippen molar-refractivity contribution in [3.05, 3.63) is 59.2 Å². The molecule has 2 aromatic rings. The molecule has 2 aromatic carbocycles. The van der Waals surface area contributed by atoms with E-state index in [9.17, 15) is 28.2 Å². The van der Waals surface area contributed by atoms with Crippen molar-refractivity contribution in [3.63, 3.8) is 0 Å². The second-order valence-electron chi connectivity index (χ2n) is 9.65. The number of likely N-dealkylation sites (tertiary alicyclic amines) is 1. The van der Waals surface area contributed by atoms with Gasteiger partial charge in [-0.3, -0.25) is 9.59 Å². The topological polar surface area (TPSA) is 134 Å². The zero-order valence-electron chi connectivity index (χ0n) is 21.0. The third kappa shape index (κ3) is 4.65. The molecule has 0 saturated carbocycles. The van der Waals surface area contributed by atoms with Crippen LogP contribution in [0.2, 0.25) is 0 Å². The zero-order valence-corrected chi connectivity index (χ0v) is 21.8. The molecule has 10 nitrogen and oxygen atoms in total. The van der Waals surface area contributed by atoms with Gasteiger partial charge in [-0.2, -0.15) is 4.31 Å². The lowest BCUT2D eigenvalue weighted by molar-refractivity contribution is -0.140. The molecule has 1 amide bonds. The van der Waals surface area contributed by atoms with E-state index in [-0.39, 0.29) is 40.2 Å². The number of phenols is 1. The van der Waals surface area contributed by atoms with Gasteiger partial charge in [0.25, 0.3) is 11.7 Å². The maximum absolute atomic E-state index is 13.3. The summed E-state index contributed by atoms with van der Waals surface area (Å²) in [5.74, 6) is -2.00. The molecule has 0 spiro atoms. The molecule has 202 valence electrons. The lowest BCUT2D eigenvalue weighted by atomic mass is 9.95. The molecule has 5 rings (SSSR count). The lowest BCUT2D eigenvalue weighted by Crippen LogP contribution is -2.36. The van der Waals surface area contributed by atoms with Crippen LogP contribution in [0.1, 0.15) is 42.9 Å². The highest BCUT2D eigenvalue weighted by Crippen LogP contribution is 2.42. The van der Waals surface area contributed by atoms with Gasteiger partial charge in [-0.15, -0.1) is 0 Å². The Morgan fingerprint density at radius 3 is 2.42 bits per heavy atom. The lowest BCUT2D eigenvalue weighted by Gasteiger charge is -2.27. The van der Waals surface area contributed by atoms with Gasteiger partial charge < -0.3 is 24.6 Å². The van der Waals surface area contributed by atoms with E-state index < -0.39 is 33.5 Å². The van der Waals surface area contributed by atoms with E-state index >= 15 is 0 Å². The Morgan fingerprint density at radius 2 is 1.79 bits per heavy atom. The third-order valence-corrected chi connectivity index (χ3v) is 9.23. The normalized spacial score (nSPS) is 23.9. The van der Waals surface area contributed by atoms with Gasteiger partial charge in [0.1, 0.15) is 5.76 Å². The van der Waals surface area contributed by atoms with Crippen LogP contribution in [0.5, 0.6) is 11.5 Å². The third-order valence-electron chi connectivity index (χ3n) is 7.31. The minimum absolute atomic E-state index is 0.0922. The number of ketones is 1. The van der Waals surface area contributed by atoms with Gasteiger partial charge in [-0.25, -0.2) is 8.42 Å². The molecule has 3 aliphatic rings. The van der Waals surface area contributed by atoms with E-state index in [0.29, 0.717) is 25.3 Å². The fourth-order valence-electron chi connectivity index (χ4n) is 5.30. The summed E-state index contributed by atoms with van der Waals surface area (Å²) in [5, 5.41) is 21.4. The van der Waals surface area contributed by atoms with Crippen molar-refractivity contribution in [2.24, 2.45) is 0 Å². The van der Waals surface area contributed by atoms with Gasteiger partial charge in [0, 0.05) is 31.8 Å². The number of sulfonamides is 1. The minimum Gasteiger partial charge on any atom is -0.507 e. The molecule has 38 heavy (non-hydrogen) atoms. The summed E-state index contributed by atoms with van der Waals surface area (Å²) in [4.78, 5) is 27.9. The monoisotopic (exact) mass is 542 g/mol. The molecule has 2 N–H and O–H groups in total. The van der Waals surface area contributed by atoms with Crippen LogP contribution in [-0.2, 0) is 24.3 Å². The number of carbonyl (C=O) groups is 2. The van der Waals surface area contributed by atoms with E-state index in [2.05, 4.69) is 0 Å². The zero-order chi connectivity index (χ0) is 27.0. The largest absolute Gasteiger partial charge is 0.507 e. The number of aliphatic hydroxyl groups excluding tert-OH is 1. The van der Waals surface area contributed by atoms with Crippen molar-refractivity contribution < 1.29 is 37.7 Å². The van der Waals surface area contributed by atoms with Gasteiger partial charge in [0.05, 0.1) is 29.7 Å². The number of ether oxygens (including phenoxy) is 2. The first-order chi connectivity index (χ1) is 18.2. The average Bonchev–Trinajstić information content (AvgIpc) is 3.69. The van der Waals surface area contributed by atoms with Gasteiger partial charge >= 0.3 is 0 Å². The first kappa shape index (κ1) is 26.2. The van der Waals surface area contributed by atoms with E-state index in [1.54, 1.807) is 6.07 Å². The number of benzene rings is 2. The highest BCUT2D eigenvalue weighted by atomic mass is 32.2. The maximum atomic E-state index is 13.3. The molecule has 3 fully saturated rings. The van der Waals surface area contributed by atoms with E-state index in [1.165, 1.54) is 52.7 Å². The first-order valence-corrected chi connectivity index (χ1v) is 14.0. The maximum Gasteiger partial charge on any atom is 0.295 e. The number of hydrogen-bond donors (Lipinski definition) is 2. The van der Waals surface area contributed by atoms with Crippen LogP contribution in [0.3, 0.4) is 0 Å². The Labute approximate surface area is 221 Å². The molecule has 0 unspecified atom stereocenters. The molecule has 11 heteroatoms. The predicted molar refractivity (Wildman–Crippen MR) is 137 cm³/mol. The van der Waals surface area contributed by atoms with Gasteiger partial charge in [0.15, 0.2) is 11.5 Å². The summed E-state index contributed by atoms with van der Waals surface area (Å²) >= 11 is 0. The van der Waals surface area contributed by atoms with Crippen molar-refractivity contribution >= 4 is 27.5 Å².